The number of rotatable bonds is 7. The molecular weight excluding hydrogens is 586 g/mol. The van der Waals surface area contributed by atoms with Gasteiger partial charge in [-0.15, -0.1) is 5.10 Å². The van der Waals surface area contributed by atoms with E-state index in [-0.39, 0.29) is 0 Å². The first-order valence-corrected chi connectivity index (χ1v) is 16.5. The van der Waals surface area contributed by atoms with Gasteiger partial charge < -0.3 is 14.5 Å². The van der Waals surface area contributed by atoms with Gasteiger partial charge in [0, 0.05) is 29.9 Å². The summed E-state index contributed by atoms with van der Waals surface area (Å²) >= 11 is 1.56. The molecule has 228 valence electrons. The van der Waals surface area contributed by atoms with E-state index >= 15 is 0 Å². The van der Waals surface area contributed by atoms with Gasteiger partial charge in [-0.25, -0.2) is 14.3 Å². The third-order valence-corrected chi connectivity index (χ3v) is 9.82. The largest absolute Gasteiger partial charge is 0.375 e. The number of fused-ring (bicyclic) bond motifs is 2. The maximum Gasteiger partial charge on any atom is 0.365 e. The van der Waals surface area contributed by atoms with Crippen molar-refractivity contribution in [2.45, 2.75) is 57.2 Å². The van der Waals surface area contributed by atoms with Gasteiger partial charge in [0.05, 0.1) is 29.7 Å². The Morgan fingerprint density at radius 2 is 1.56 bits per heavy atom. The number of hydrogen-bond acceptors (Lipinski definition) is 9. The SMILES string of the molecule is O=C(On1nnc2ccccc21)c1ccc(-c2cnc3sc(-c4ccc(N5CCC(OC6CCCCC6)CC5)cc4)nn23)cc1. The van der Waals surface area contributed by atoms with E-state index in [0.717, 1.165) is 57.6 Å². The van der Waals surface area contributed by atoms with Gasteiger partial charge in [0.2, 0.25) is 4.96 Å². The summed E-state index contributed by atoms with van der Waals surface area (Å²) in [6.07, 6.45) is 11.3. The molecule has 45 heavy (non-hydrogen) atoms. The number of anilines is 1. The Hall–Kier alpha value is -4.61. The number of nitrogens with zero attached hydrogens (tertiary/aromatic N) is 7. The summed E-state index contributed by atoms with van der Waals surface area (Å²) in [7, 11) is 0. The van der Waals surface area contributed by atoms with Gasteiger partial charge in [0.15, 0.2) is 0 Å². The maximum atomic E-state index is 12.8. The first-order valence-electron chi connectivity index (χ1n) is 15.7. The lowest BCUT2D eigenvalue weighted by Gasteiger charge is -2.36. The van der Waals surface area contributed by atoms with Crippen molar-refractivity contribution in [3.05, 3.63) is 84.6 Å². The Labute approximate surface area is 264 Å². The molecule has 0 N–H and O–H groups in total. The number of ether oxygens (including phenoxy) is 1. The molecule has 1 aliphatic heterocycles. The van der Waals surface area contributed by atoms with Crippen LogP contribution in [0.1, 0.15) is 55.3 Å². The van der Waals surface area contributed by atoms with E-state index in [4.69, 9.17) is 14.7 Å². The lowest BCUT2D eigenvalue weighted by molar-refractivity contribution is -0.0395. The highest BCUT2D eigenvalue weighted by molar-refractivity contribution is 7.19. The molecule has 2 aliphatic rings. The highest BCUT2D eigenvalue weighted by atomic mass is 32.1. The molecule has 0 bridgehead atoms. The van der Waals surface area contributed by atoms with Gasteiger partial charge in [0.25, 0.3) is 0 Å². The molecule has 3 aromatic carbocycles. The van der Waals surface area contributed by atoms with Crippen LogP contribution in [0.2, 0.25) is 0 Å². The van der Waals surface area contributed by atoms with Crippen molar-refractivity contribution in [3.8, 4) is 21.8 Å². The smallest absolute Gasteiger partial charge is 0.365 e. The van der Waals surface area contributed by atoms with Crippen molar-refractivity contribution in [1.82, 2.24) is 29.8 Å². The van der Waals surface area contributed by atoms with Crippen LogP contribution in [0.25, 0.3) is 37.8 Å². The first-order chi connectivity index (χ1) is 22.2. The average molecular weight is 620 g/mol. The molecule has 0 amide bonds. The lowest BCUT2D eigenvalue weighted by Crippen LogP contribution is -2.38. The molecule has 11 heteroatoms. The van der Waals surface area contributed by atoms with Crippen LogP contribution in [0.3, 0.4) is 0 Å². The minimum atomic E-state index is -0.521. The third kappa shape index (κ3) is 5.69. The fraction of sp³-hybridized carbons (Fsp3) is 0.324. The highest BCUT2D eigenvalue weighted by Crippen LogP contribution is 2.32. The highest BCUT2D eigenvalue weighted by Gasteiger charge is 2.24. The molecule has 8 rings (SSSR count). The number of carbonyl (C=O) groups is 1. The summed E-state index contributed by atoms with van der Waals surface area (Å²) < 4.78 is 8.30. The van der Waals surface area contributed by atoms with Gasteiger partial charge >= 0.3 is 5.97 Å². The number of benzene rings is 3. The van der Waals surface area contributed by atoms with Crippen LogP contribution in [-0.4, -0.2) is 61.0 Å². The van der Waals surface area contributed by atoms with Crippen molar-refractivity contribution in [3.63, 3.8) is 0 Å². The molecule has 1 saturated heterocycles. The molecule has 0 unspecified atom stereocenters. The monoisotopic (exact) mass is 619 g/mol. The van der Waals surface area contributed by atoms with Crippen LogP contribution < -0.4 is 9.74 Å². The molecule has 0 radical (unpaired) electrons. The van der Waals surface area contributed by atoms with Crippen LogP contribution in [0.4, 0.5) is 5.69 Å². The van der Waals surface area contributed by atoms with Crippen LogP contribution in [0.15, 0.2) is 79.0 Å². The molecule has 2 fully saturated rings. The second kappa shape index (κ2) is 12.1. The summed E-state index contributed by atoms with van der Waals surface area (Å²) in [5.74, 6) is -0.521. The normalized spacial score (nSPS) is 16.5. The lowest BCUT2D eigenvalue weighted by atomic mass is 9.97. The molecule has 6 aromatic rings. The van der Waals surface area contributed by atoms with E-state index in [9.17, 15) is 4.79 Å². The predicted octanol–water partition coefficient (Wildman–Crippen LogP) is 6.46. The molecule has 1 saturated carbocycles. The minimum absolute atomic E-state index is 0.398. The number of para-hydroxylation sites is 1. The number of carbonyl (C=O) groups excluding carboxylic acids is 1. The Bertz CT molecular complexity index is 1930. The zero-order valence-electron chi connectivity index (χ0n) is 24.8. The van der Waals surface area contributed by atoms with Gasteiger partial charge in [0.1, 0.15) is 16.0 Å². The molecule has 3 aromatic heterocycles. The van der Waals surface area contributed by atoms with E-state index in [1.165, 1.54) is 37.8 Å². The van der Waals surface area contributed by atoms with E-state index in [1.54, 1.807) is 29.5 Å². The van der Waals surface area contributed by atoms with Crippen LogP contribution in [0.5, 0.6) is 0 Å². The van der Waals surface area contributed by atoms with E-state index < -0.39 is 5.97 Å². The van der Waals surface area contributed by atoms with Crippen LogP contribution in [0, 0.1) is 0 Å². The number of piperidine rings is 1. The molecule has 0 atom stereocenters. The Kier molecular flexibility index (Phi) is 7.48. The molecule has 10 nitrogen and oxygen atoms in total. The van der Waals surface area contributed by atoms with Gasteiger partial charge in [-0.05, 0) is 79.4 Å². The van der Waals surface area contributed by atoms with Crippen LogP contribution >= 0.6 is 11.3 Å². The Balaban J connectivity index is 0.923. The van der Waals surface area contributed by atoms with Crippen molar-refractivity contribution in [2.75, 3.05) is 18.0 Å². The zero-order chi connectivity index (χ0) is 30.2. The maximum absolute atomic E-state index is 12.8. The topological polar surface area (TPSA) is 99.7 Å². The Morgan fingerprint density at radius 3 is 2.36 bits per heavy atom. The fourth-order valence-corrected chi connectivity index (χ4v) is 7.25. The Morgan fingerprint density at radius 1 is 0.822 bits per heavy atom. The molecule has 0 spiro atoms. The standard InChI is InChI=1S/C34H33N7O3S/c42-33(44-41-30-9-5-4-8-29(30)36-38-41)25-12-10-23(11-13-25)31-22-35-34-40(31)37-32(45-34)24-14-16-26(17-15-24)39-20-18-28(19-21-39)43-27-6-2-1-3-7-27/h4-5,8-17,22,27-28H,1-3,6-7,18-21H2. The molecule has 4 heterocycles. The van der Waals surface area contributed by atoms with Crippen molar-refractivity contribution < 1.29 is 14.4 Å². The first kappa shape index (κ1) is 27.9. The van der Waals surface area contributed by atoms with E-state index in [2.05, 4.69) is 44.5 Å². The summed E-state index contributed by atoms with van der Waals surface area (Å²) in [6.45, 7) is 2.05. The third-order valence-electron chi connectivity index (χ3n) is 8.85. The van der Waals surface area contributed by atoms with Gasteiger partial charge in [-0.2, -0.15) is 5.10 Å². The van der Waals surface area contributed by atoms with Crippen molar-refractivity contribution in [1.29, 1.82) is 0 Å². The van der Waals surface area contributed by atoms with E-state index in [1.807, 2.05) is 41.0 Å². The summed E-state index contributed by atoms with van der Waals surface area (Å²) in [6, 6.07) is 23.2. The van der Waals surface area contributed by atoms with Crippen molar-refractivity contribution in [2.24, 2.45) is 0 Å². The van der Waals surface area contributed by atoms with Gasteiger partial charge in [-0.1, -0.05) is 59.7 Å². The van der Waals surface area contributed by atoms with E-state index in [0.29, 0.717) is 28.8 Å². The second-order valence-electron chi connectivity index (χ2n) is 11.8. The summed E-state index contributed by atoms with van der Waals surface area (Å²) in [5, 5.41) is 13.8. The molecular formula is C34H33N7O3S. The zero-order valence-corrected chi connectivity index (χ0v) is 25.6. The number of aromatic nitrogens is 6. The van der Waals surface area contributed by atoms with Crippen molar-refractivity contribution >= 4 is 39.0 Å². The summed E-state index contributed by atoms with van der Waals surface area (Å²) in [4.78, 5) is 27.3. The quantitative estimate of drug-likeness (QED) is 0.188. The second-order valence-corrected chi connectivity index (χ2v) is 12.7. The number of imidazole rings is 1. The molecule has 1 aliphatic carbocycles. The van der Waals surface area contributed by atoms with Gasteiger partial charge in [-0.3, -0.25) is 0 Å². The number of hydrogen-bond donors (Lipinski definition) is 0. The minimum Gasteiger partial charge on any atom is -0.375 e. The predicted molar refractivity (Wildman–Crippen MR) is 173 cm³/mol. The fourth-order valence-electron chi connectivity index (χ4n) is 6.37. The summed E-state index contributed by atoms with van der Waals surface area (Å²) in [5.41, 5.74) is 5.73. The average Bonchev–Trinajstić information content (AvgIpc) is 3.81. The van der Waals surface area contributed by atoms with Crippen LogP contribution in [-0.2, 0) is 4.74 Å².